The maximum atomic E-state index is 13.9. The van der Waals surface area contributed by atoms with Crippen LogP contribution in [-0.4, -0.2) is 52.2 Å². The van der Waals surface area contributed by atoms with Gasteiger partial charge in [0.25, 0.3) is 5.56 Å². The van der Waals surface area contributed by atoms with E-state index < -0.39 is 12.0 Å². The number of halogens is 1. The number of allylic oxidation sites excluding steroid dienone is 1. The zero-order valence-corrected chi connectivity index (χ0v) is 24.0. The minimum Gasteiger partial charge on any atom is -0.496 e. The molecular weight excluding hydrogens is 576 g/mol. The molecule has 9 nitrogen and oxygen atoms in total. The van der Waals surface area contributed by atoms with E-state index in [1.807, 2.05) is 18.2 Å². The van der Waals surface area contributed by atoms with Crippen LogP contribution in [-0.2, 0) is 14.3 Å². The molecule has 38 heavy (non-hydrogen) atoms. The Morgan fingerprint density at radius 3 is 2.42 bits per heavy atom. The number of methoxy groups -OCH3 is 4. The summed E-state index contributed by atoms with van der Waals surface area (Å²) in [5.74, 6) is 1.04. The van der Waals surface area contributed by atoms with Crippen molar-refractivity contribution in [1.82, 2.24) is 4.57 Å². The Morgan fingerprint density at radius 2 is 1.74 bits per heavy atom. The summed E-state index contributed by atoms with van der Waals surface area (Å²) in [7, 11) is 6.18. The number of hydrogen-bond donors (Lipinski definition) is 0. The molecule has 0 aliphatic carbocycles. The Balaban J connectivity index is 1.93. The van der Waals surface area contributed by atoms with Crippen molar-refractivity contribution in [2.24, 2.45) is 4.99 Å². The summed E-state index contributed by atoms with van der Waals surface area (Å²) in [6, 6.07) is 10.0. The largest absolute Gasteiger partial charge is 0.496 e. The van der Waals surface area contributed by atoms with Crippen molar-refractivity contribution in [2.45, 2.75) is 13.0 Å². The van der Waals surface area contributed by atoms with Crippen LogP contribution in [0.15, 0.2) is 61.9 Å². The smallest absolute Gasteiger partial charge is 0.338 e. The number of fused-ring (bicyclic) bond motifs is 1. The van der Waals surface area contributed by atoms with Crippen LogP contribution in [0.5, 0.6) is 17.2 Å². The van der Waals surface area contributed by atoms with Crippen LogP contribution < -0.4 is 29.1 Å². The zero-order chi connectivity index (χ0) is 27.4. The number of rotatable bonds is 9. The fourth-order valence-corrected chi connectivity index (χ4v) is 5.66. The van der Waals surface area contributed by atoms with Gasteiger partial charge >= 0.3 is 5.97 Å². The molecule has 0 amide bonds. The molecule has 2 aromatic carbocycles. The minimum absolute atomic E-state index is 0.0719. The number of para-hydroxylation sites is 1. The molecule has 0 N–H and O–H groups in total. The van der Waals surface area contributed by atoms with E-state index in [1.54, 1.807) is 52.5 Å². The van der Waals surface area contributed by atoms with E-state index in [0.29, 0.717) is 37.8 Å². The molecule has 1 aliphatic rings. The number of hydrogen-bond acceptors (Lipinski definition) is 9. The normalized spacial score (nSPS) is 15.1. The van der Waals surface area contributed by atoms with E-state index >= 15 is 0 Å². The topological polar surface area (TPSA) is 97.6 Å². The summed E-state index contributed by atoms with van der Waals surface area (Å²) < 4.78 is 29.5. The van der Waals surface area contributed by atoms with E-state index in [1.165, 1.54) is 23.0 Å². The average molecular weight is 603 g/mol. The van der Waals surface area contributed by atoms with Crippen molar-refractivity contribution >= 4 is 39.3 Å². The third-order valence-corrected chi connectivity index (χ3v) is 7.65. The number of carbonyl (C=O) groups is 1. The molecule has 0 radical (unpaired) electrons. The molecule has 1 unspecified atom stereocenters. The monoisotopic (exact) mass is 602 g/mol. The van der Waals surface area contributed by atoms with Gasteiger partial charge in [-0.25, -0.2) is 9.79 Å². The molecule has 0 spiro atoms. The van der Waals surface area contributed by atoms with Gasteiger partial charge in [-0.2, -0.15) is 0 Å². The molecule has 2 heterocycles. The van der Waals surface area contributed by atoms with E-state index in [9.17, 15) is 9.59 Å². The standard InChI is InChI=1S/C27H27BrN2O7S/c1-15-23(26(32)37-11-10-33-2)24(17-8-6-7-9-19(17)34-3)30-25(31)22(38-27(30)29-15)13-16-12-20(35-4)21(36-5)14-18(16)28/h6-9,12-14,24H,10-11H2,1-5H3. The summed E-state index contributed by atoms with van der Waals surface area (Å²) in [6.07, 6.45) is 1.76. The Bertz CT molecular complexity index is 1570. The summed E-state index contributed by atoms with van der Waals surface area (Å²) >= 11 is 4.78. The number of ether oxygens (including phenoxy) is 5. The van der Waals surface area contributed by atoms with Crippen molar-refractivity contribution in [3.8, 4) is 17.2 Å². The molecular formula is C27H27BrN2O7S. The van der Waals surface area contributed by atoms with Gasteiger partial charge in [-0.05, 0) is 36.8 Å². The molecule has 1 aliphatic heterocycles. The second-order valence-electron chi connectivity index (χ2n) is 8.18. The highest BCUT2D eigenvalue weighted by Crippen LogP contribution is 2.36. The van der Waals surface area contributed by atoms with Crippen LogP contribution >= 0.6 is 27.3 Å². The molecule has 200 valence electrons. The van der Waals surface area contributed by atoms with Gasteiger partial charge in [0.15, 0.2) is 16.3 Å². The Kier molecular flexibility index (Phi) is 8.70. The molecule has 0 saturated heterocycles. The third-order valence-electron chi connectivity index (χ3n) is 5.99. The second-order valence-corrected chi connectivity index (χ2v) is 10.0. The summed E-state index contributed by atoms with van der Waals surface area (Å²) in [5, 5.41) is 0. The van der Waals surface area contributed by atoms with Gasteiger partial charge in [0.05, 0.1) is 43.7 Å². The number of thiazole rings is 1. The number of aromatic nitrogens is 1. The molecule has 4 rings (SSSR count). The maximum Gasteiger partial charge on any atom is 0.338 e. The lowest BCUT2D eigenvalue weighted by Crippen LogP contribution is -2.40. The van der Waals surface area contributed by atoms with Crippen molar-refractivity contribution in [1.29, 1.82) is 0 Å². The number of benzene rings is 2. The molecule has 11 heteroatoms. The van der Waals surface area contributed by atoms with E-state index in [0.717, 1.165) is 10.0 Å². The maximum absolute atomic E-state index is 13.9. The number of esters is 1. The zero-order valence-electron chi connectivity index (χ0n) is 21.6. The predicted molar refractivity (Wildman–Crippen MR) is 147 cm³/mol. The van der Waals surface area contributed by atoms with Gasteiger partial charge in [0.2, 0.25) is 0 Å². The Morgan fingerprint density at radius 1 is 1.05 bits per heavy atom. The lowest BCUT2D eigenvalue weighted by molar-refractivity contribution is -0.140. The SMILES string of the molecule is COCCOC(=O)C1=C(C)N=c2sc(=Cc3cc(OC)c(OC)cc3Br)c(=O)n2C1c1ccccc1OC. The van der Waals surface area contributed by atoms with Crippen LogP contribution in [0, 0.1) is 0 Å². The second kappa shape index (κ2) is 12.0. The van der Waals surface area contributed by atoms with Gasteiger partial charge in [0.1, 0.15) is 18.4 Å². The molecule has 0 fully saturated rings. The van der Waals surface area contributed by atoms with Crippen molar-refractivity contribution in [2.75, 3.05) is 41.7 Å². The molecule has 1 atom stereocenters. The van der Waals surface area contributed by atoms with E-state index in [2.05, 4.69) is 20.9 Å². The van der Waals surface area contributed by atoms with Crippen LogP contribution in [0.25, 0.3) is 6.08 Å². The van der Waals surface area contributed by atoms with Crippen molar-refractivity contribution in [3.63, 3.8) is 0 Å². The van der Waals surface area contributed by atoms with E-state index in [-0.39, 0.29) is 24.3 Å². The van der Waals surface area contributed by atoms with Gasteiger partial charge in [-0.1, -0.05) is 45.5 Å². The third kappa shape index (κ3) is 5.27. The van der Waals surface area contributed by atoms with Crippen LogP contribution in [0.1, 0.15) is 24.1 Å². The van der Waals surface area contributed by atoms with Crippen LogP contribution in [0.2, 0.25) is 0 Å². The number of nitrogens with zero attached hydrogens (tertiary/aromatic N) is 2. The van der Waals surface area contributed by atoms with Gasteiger partial charge in [-0.15, -0.1) is 0 Å². The van der Waals surface area contributed by atoms with Gasteiger partial charge in [-0.3, -0.25) is 9.36 Å². The van der Waals surface area contributed by atoms with Gasteiger partial charge < -0.3 is 23.7 Å². The fraction of sp³-hybridized carbons (Fsp3) is 0.296. The minimum atomic E-state index is -0.798. The lowest BCUT2D eigenvalue weighted by Gasteiger charge is -2.26. The Hall–Kier alpha value is -3.41. The van der Waals surface area contributed by atoms with Crippen molar-refractivity contribution in [3.05, 3.63) is 83.0 Å². The first kappa shape index (κ1) is 27.6. The predicted octanol–water partition coefficient (Wildman–Crippen LogP) is 3.21. The summed E-state index contributed by atoms with van der Waals surface area (Å²) in [4.78, 5) is 32.3. The summed E-state index contributed by atoms with van der Waals surface area (Å²) in [5.41, 5.74) is 1.78. The first-order valence-corrected chi connectivity index (χ1v) is 13.2. The van der Waals surface area contributed by atoms with Gasteiger partial charge in [0, 0.05) is 17.1 Å². The Labute approximate surface area is 231 Å². The highest BCUT2D eigenvalue weighted by molar-refractivity contribution is 9.10. The number of carbonyl (C=O) groups excluding carboxylic acids is 1. The molecule has 3 aromatic rings. The van der Waals surface area contributed by atoms with Crippen LogP contribution in [0.3, 0.4) is 0 Å². The lowest BCUT2D eigenvalue weighted by atomic mass is 9.95. The molecule has 0 bridgehead atoms. The van der Waals surface area contributed by atoms with E-state index in [4.69, 9.17) is 23.7 Å². The molecule has 0 saturated carbocycles. The quantitative estimate of drug-likeness (QED) is 0.274. The average Bonchev–Trinajstić information content (AvgIpc) is 3.22. The first-order valence-electron chi connectivity index (χ1n) is 11.6. The van der Waals surface area contributed by atoms with Crippen molar-refractivity contribution < 1.29 is 28.5 Å². The molecule has 1 aromatic heterocycles. The fourth-order valence-electron chi connectivity index (χ4n) is 4.19. The highest BCUT2D eigenvalue weighted by Gasteiger charge is 2.35. The van der Waals surface area contributed by atoms with Crippen LogP contribution in [0.4, 0.5) is 0 Å². The highest BCUT2D eigenvalue weighted by atomic mass is 79.9. The summed E-state index contributed by atoms with van der Waals surface area (Å²) in [6.45, 7) is 2.05. The first-order chi connectivity index (χ1) is 18.3.